The van der Waals surface area contributed by atoms with Gasteiger partial charge in [0.25, 0.3) is 5.91 Å². The lowest BCUT2D eigenvalue weighted by Crippen LogP contribution is -2.48. The van der Waals surface area contributed by atoms with Gasteiger partial charge >= 0.3 is 17.8 Å². The third kappa shape index (κ3) is 5.46. The number of urea groups is 1. The monoisotopic (exact) mass is 403 g/mol. The summed E-state index contributed by atoms with van der Waals surface area (Å²) in [5.41, 5.74) is 1.01. The number of carbonyl (C=O) groups excluding carboxylic acids is 3. The molecule has 2 atom stereocenters. The van der Waals surface area contributed by atoms with Gasteiger partial charge in [-0.15, -0.1) is 0 Å². The molecule has 3 rings (SSSR count). The fourth-order valence-electron chi connectivity index (χ4n) is 3.54. The SMILES string of the molecule is C[C@@H]1CCCC[C@@H]1NC(=O)NC(=O)COC(=O)CCn1c(=O)oc2ccccc21. The number of amides is 3. The lowest BCUT2D eigenvalue weighted by Gasteiger charge is -2.29. The lowest BCUT2D eigenvalue weighted by molar-refractivity contribution is -0.148. The minimum atomic E-state index is -0.703. The molecule has 29 heavy (non-hydrogen) atoms. The first-order valence-electron chi connectivity index (χ1n) is 9.78. The van der Waals surface area contributed by atoms with E-state index in [1.54, 1.807) is 24.3 Å². The van der Waals surface area contributed by atoms with Gasteiger partial charge in [0.1, 0.15) is 0 Å². The number of nitrogens with one attached hydrogen (secondary N) is 2. The summed E-state index contributed by atoms with van der Waals surface area (Å²) in [5.74, 6) is -1.56. The van der Waals surface area contributed by atoms with E-state index in [2.05, 4.69) is 17.6 Å². The minimum Gasteiger partial charge on any atom is -0.456 e. The largest absolute Gasteiger partial charge is 0.456 e. The predicted octanol–water partition coefficient (Wildman–Crippen LogP) is 1.93. The van der Waals surface area contributed by atoms with Crippen LogP contribution in [0.25, 0.3) is 11.1 Å². The van der Waals surface area contributed by atoms with E-state index in [0.29, 0.717) is 17.0 Å². The van der Waals surface area contributed by atoms with Gasteiger partial charge in [-0.3, -0.25) is 19.5 Å². The summed E-state index contributed by atoms with van der Waals surface area (Å²) in [6.07, 6.45) is 4.03. The van der Waals surface area contributed by atoms with Gasteiger partial charge in [-0.2, -0.15) is 0 Å². The van der Waals surface area contributed by atoms with Crippen LogP contribution < -0.4 is 16.4 Å². The first-order valence-corrected chi connectivity index (χ1v) is 9.78. The van der Waals surface area contributed by atoms with Gasteiger partial charge in [0, 0.05) is 12.6 Å². The zero-order valence-corrected chi connectivity index (χ0v) is 16.3. The van der Waals surface area contributed by atoms with E-state index < -0.39 is 30.3 Å². The van der Waals surface area contributed by atoms with Crippen LogP contribution in [0.15, 0.2) is 33.5 Å². The number of aryl methyl sites for hydroxylation is 1. The van der Waals surface area contributed by atoms with E-state index in [4.69, 9.17) is 9.15 Å². The first kappa shape index (κ1) is 20.6. The van der Waals surface area contributed by atoms with Crippen LogP contribution in [-0.4, -0.2) is 35.1 Å². The van der Waals surface area contributed by atoms with Crippen molar-refractivity contribution in [2.24, 2.45) is 5.92 Å². The van der Waals surface area contributed by atoms with Crippen LogP contribution in [0.1, 0.15) is 39.0 Å². The maximum absolute atomic E-state index is 11.9. The maximum Gasteiger partial charge on any atom is 0.419 e. The number of esters is 1. The van der Waals surface area contributed by atoms with Gasteiger partial charge in [0.05, 0.1) is 11.9 Å². The number of carbonyl (C=O) groups is 3. The summed E-state index contributed by atoms with van der Waals surface area (Å²) in [4.78, 5) is 47.5. The van der Waals surface area contributed by atoms with Crippen molar-refractivity contribution in [3.63, 3.8) is 0 Å². The molecule has 1 aromatic carbocycles. The van der Waals surface area contributed by atoms with Crippen LogP contribution in [-0.2, 0) is 20.9 Å². The van der Waals surface area contributed by atoms with Gasteiger partial charge in [-0.25, -0.2) is 9.59 Å². The number of fused-ring (bicyclic) bond motifs is 1. The average molecular weight is 403 g/mol. The quantitative estimate of drug-likeness (QED) is 0.711. The summed E-state index contributed by atoms with van der Waals surface area (Å²) in [5, 5.41) is 4.96. The highest BCUT2D eigenvalue weighted by Crippen LogP contribution is 2.23. The van der Waals surface area contributed by atoms with Gasteiger partial charge in [0.2, 0.25) is 0 Å². The maximum atomic E-state index is 11.9. The molecule has 0 radical (unpaired) electrons. The minimum absolute atomic E-state index is 0.0437. The standard InChI is InChI=1S/C20H25N3O6/c1-13-6-2-3-7-14(13)21-19(26)22-17(24)12-28-18(25)10-11-23-15-8-4-5-9-16(15)29-20(23)27/h4-5,8-9,13-14H,2-3,6-7,10-12H2,1H3,(H2,21,22,24,26)/t13-,14+/m1/s1. The van der Waals surface area contributed by atoms with Crippen LogP contribution in [0.2, 0.25) is 0 Å². The van der Waals surface area contributed by atoms with E-state index in [0.717, 1.165) is 25.7 Å². The van der Waals surface area contributed by atoms with Crippen molar-refractivity contribution in [3.8, 4) is 0 Å². The van der Waals surface area contributed by atoms with Crippen molar-refractivity contribution in [1.82, 2.24) is 15.2 Å². The molecule has 1 aliphatic carbocycles. The zero-order valence-electron chi connectivity index (χ0n) is 16.3. The zero-order chi connectivity index (χ0) is 20.8. The Morgan fingerprint density at radius 1 is 1.21 bits per heavy atom. The Hall–Kier alpha value is -3.10. The van der Waals surface area contributed by atoms with E-state index in [1.807, 2.05) is 0 Å². The normalized spacial score (nSPS) is 18.9. The van der Waals surface area contributed by atoms with Gasteiger partial charge in [-0.1, -0.05) is 31.9 Å². The Balaban J connectivity index is 1.40. The molecule has 0 saturated heterocycles. The molecule has 1 fully saturated rings. The van der Waals surface area contributed by atoms with Gasteiger partial charge in [-0.05, 0) is 30.9 Å². The molecule has 2 aromatic rings. The molecule has 156 valence electrons. The first-order chi connectivity index (χ1) is 13.9. The van der Waals surface area contributed by atoms with Crippen molar-refractivity contribution in [3.05, 3.63) is 34.8 Å². The number of oxazole rings is 1. The van der Waals surface area contributed by atoms with Crippen LogP contribution in [0.4, 0.5) is 4.79 Å². The number of benzene rings is 1. The second-order valence-corrected chi connectivity index (χ2v) is 7.29. The second kappa shape index (κ2) is 9.40. The Morgan fingerprint density at radius 2 is 1.97 bits per heavy atom. The Bertz CT molecular complexity index is 947. The number of rotatable bonds is 6. The van der Waals surface area contributed by atoms with Gasteiger partial charge < -0.3 is 14.5 Å². The van der Waals surface area contributed by atoms with E-state index in [-0.39, 0.29) is 19.0 Å². The molecule has 3 amide bonds. The summed E-state index contributed by atoms with van der Waals surface area (Å²) in [6, 6.07) is 6.34. The highest BCUT2D eigenvalue weighted by Gasteiger charge is 2.23. The molecule has 0 bridgehead atoms. The topological polar surface area (TPSA) is 120 Å². The molecule has 9 nitrogen and oxygen atoms in total. The highest BCUT2D eigenvalue weighted by atomic mass is 16.5. The number of aromatic nitrogens is 1. The molecule has 2 N–H and O–H groups in total. The van der Waals surface area contributed by atoms with E-state index >= 15 is 0 Å². The second-order valence-electron chi connectivity index (χ2n) is 7.29. The number of hydrogen-bond donors (Lipinski definition) is 2. The summed E-state index contributed by atoms with van der Waals surface area (Å²) in [7, 11) is 0. The Labute approximate surface area is 167 Å². The van der Waals surface area contributed by atoms with Crippen molar-refractivity contribution < 1.29 is 23.5 Å². The predicted molar refractivity (Wildman–Crippen MR) is 104 cm³/mol. The van der Waals surface area contributed by atoms with E-state index in [9.17, 15) is 19.2 Å². The van der Waals surface area contributed by atoms with Crippen molar-refractivity contribution in [2.45, 2.75) is 51.6 Å². The number of para-hydroxylation sites is 2. The summed E-state index contributed by atoms with van der Waals surface area (Å²) >= 11 is 0. The van der Waals surface area contributed by atoms with Crippen LogP contribution >= 0.6 is 0 Å². The smallest absolute Gasteiger partial charge is 0.419 e. The number of imide groups is 1. The van der Waals surface area contributed by atoms with Crippen molar-refractivity contribution in [1.29, 1.82) is 0 Å². The van der Waals surface area contributed by atoms with Crippen LogP contribution in [0.5, 0.6) is 0 Å². The molecular formula is C20H25N3O6. The number of ether oxygens (including phenoxy) is 1. The van der Waals surface area contributed by atoms with E-state index in [1.165, 1.54) is 4.57 Å². The number of nitrogens with zero attached hydrogens (tertiary/aromatic N) is 1. The molecule has 1 heterocycles. The summed E-state index contributed by atoms with van der Waals surface area (Å²) in [6.45, 7) is 1.58. The highest BCUT2D eigenvalue weighted by molar-refractivity contribution is 5.95. The van der Waals surface area contributed by atoms with Crippen molar-refractivity contribution in [2.75, 3.05) is 6.61 Å². The van der Waals surface area contributed by atoms with Crippen LogP contribution in [0, 0.1) is 5.92 Å². The molecule has 0 unspecified atom stereocenters. The Morgan fingerprint density at radius 3 is 2.76 bits per heavy atom. The molecule has 9 heteroatoms. The van der Waals surface area contributed by atoms with Gasteiger partial charge in [0.15, 0.2) is 12.2 Å². The molecule has 1 aromatic heterocycles. The summed E-state index contributed by atoms with van der Waals surface area (Å²) < 4.78 is 11.3. The fourth-order valence-corrected chi connectivity index (χ4v) is 3.54. The molecule has 1 aliphatic rings. The Kier molecular flexibility index (Phi) is 6.69. The fraction of sp³-hybridized carbons (Fsp3) is 0.500. The van der Waals surface area contributed by atoms with Crippen molar-refractivity contribution >= 4 is 29.0 Å². The molecular weight excluding hydrogens is 378 g/mol. The molecule has 1 saturated carbocycles. The molecule has 0 aliphatic heterocycles. The third-order valence-electron chi connectivity index (χ3n) is 5.16. The number of hydrogen-bond acceptors (Lipinski definition) is 6. The average Bonchev–Trinajstić information content (AvgIpc) is 3.01. The third-order valence-corrected chi connectivity index (χ3v) is 5.16. The van der Waals surface area contributed by atoms with Crippen LogP contribution in [0.3, 0.4) is 0 Å². The lowest BCUT2D eigenvalue weighted by atomic mass is 9.86. The molecule has 0 spiro atoms.